The third-order valence-electron chi connectivity index (χ3n) is 3.49. The summed E-state index contributed by atoms with van der Waals surface area (Å²) in [7, 11) is 0. The molecular weight excluding hydrogens is 238 g/mol. The molecule has 1 unspecified atom stereocenters. The molecule has 4 nitrogen and oxygen atoms in total. The van der Waals surface area contributed by atoms with E-state index in [0.29, 0.717) is 11.7 Å². The minimum absolute atomic E-state index is 0.196. The van der Waals surface area contributed by atoms with E-state index in [-0.39, 0.29) is 16.0 Å². The Labute approximate surface area is 106 Å². The fourth-order valence-corrected chi connectivity index (χ4v) is 2.48. The molecule has 1 atom stereocenters. The van der Waals surface area contributed by atoms with Crippen LogP contribution in [0.15, 0.2) is 11.1 Å². The molecule has 17 heavy (non-hydrogen) atoms. The topological polar surface area (TPSA) is 49.0 Å². The van der Waals surface area contributed by atoms with Gasteiger partial charge in [-0.15, -0.1) is 0 Å². The second kappa shape index (κ2) is 4.33. The number of aromatic amines is 1. The van der Waals surface area contributed by atoms with Crippen molar-refractivity contribution < 1.29 is 0 Å². The first-order valence-corrected chi connectivity index (χ1v) is 6.25. The summed E-state index contributed by atoms with van der Waals surface area (Å²) < 4.78 is 0. The molecule has 0 saturated carbocycles. The predicted octanol–water partition coefficient (Wildman–Crippen LogP) is 2.30. The van der Waals surface area contributed by atoms with E-state index in [0.717, 1.165) is 19.5 Å². The van der Waals surface area contributed by atoms with Crippen LogP contribution < -0.4 is 10.5 Å². The normalized spacial score (nSPS) is 20.9. The zero-order chi connectivity index (χ0) is 12.6. The van der Waals surface area contributed by atoms with E-state index in [4.69, 9.17) is 11.6 Å². The highest BCUT2D eigenvalue weighted by Crippen LogP contribution is 2.35. The number of rotatable bonds is 1. The van der Waals surface area contributed by atoms with Crippen molar-refractivity contribution in [2.24, 2.45) is 11.3 Å². The van der Waals surface area contributed by atoms with Crippen LogP contribution >= 0.6 is 11.6 Å². The third kappa shape index (κ3) is 2.46. The summed E-state index contributed by atoms with van der Waals surface area (Å²) in [6.07, 6.45) is 2.53. The number of anilines is 1. The van der Waals surface area contributed by atoms with Gasteiger partial charge in [-0.1, -0.05) is 32.4 Å². The van der Waals surface area contributed by atoms with Gasteiger partial charge in [0.25, 0.3) is 5.56 Å². The van der Waals surface area contributed by atoms with E-state index in [1.165, 1.54) is 6.33 Å². The van der Waals surface area contributed by atoms with Gasteiger partial charge in [0.05, 0.1) is 6.33 Å². The Balaban J connectivity index is 2.21. The second-order valence-electron chi connectivity index (χ2n) is 5.67. The Morgan fingerprint density at radius 3 is 2.82 bits per heavy atom. The van der Waals surface area contributed by atoms with Crippen molar-refractivity contribution in [1.82, 2.24) is 9.97 Å². The Morgan fingerprint density at radius 2 is 2.24 bits per heavy atom. The van der Waals surface area contributed by atoms with E-state index >= 15 is 0 Å². The molecule has 1 aromatic heterocycles. The van der Waals surface area contributed by atoms with Crippen LogP contribution in [0.4, 0.5) is 5.82 Å². The highest BCUT2D eigenvalue weighted by Gasteiger charge is 2.33. The molecule has 1 aliphatic heterocycles. The third-order valence-corrected chi connectivity index (χ3v) is 3.83. The van der Waals surface area contributed by atoms with Crippen LogP contribution in [0.25, 0.3) is 0 Å². The molecule has 2 heterocycles. The Kier molecular flexibility index (Phi) is 3.17. The number of aromatic nitrogens is 2. The zero-order valence-electron chi connectivity index (χ0n) is 10.5. The summed E-state index contributed by atoms with van der Waals surface area (Å²) in [5, 5.41) is 0.196. The highest BCUT2D eigenvalue weighted by molar-refractivity contribution is 6.32. The van der Waals surface area contributed by atoms with Gasteiger partial charge in [0.15, 0.2) is 5.82 Å². The molecule has 0 bridgehead atoms. The van der Waals surface area contributed by atoms with Crippen molar-refractivity contribution in [3.63, 3.8) is 0 Å². The van der Waals surface area contributed by atoms with Crippen LogP contribution in [0.2, 0.25) is 5.02 Å². The largest absolute Gasteiger partial charge is 0.355 e. The minimum atomic E-state index is -0.268. The van der Waals surface area contributed by atoms with Crippen molar-refractivity contribution in [1.29, 1.82) is 0 Å². The fourth-order valence-electron chi connectivity index (χ4n) is 2.25. The van der Waals surface area contributed by atoms with Crippen molar-refractivity contribution in [3.8, 4) is 0 Å². The number of hydrogen-bond donors (Lipinski definition) is 1. The lowest BCUT2D eigenvalue weighted by Crippen LogP contribution is -2.27. The summed E-state index contributed by atoms with van der Waals surface area (Å²) in [6.45, 7) is 8.56. The van der Waals surface area contributed by atoms with Crippen LogP contribution in [0.1, 0.15) is 27.2 Å². The second-order valence-corrected chi connectivity index (χ2v) is 6.04. The van der Waals surface area contributed by atoms with E-state index in [1.807, 2.05) is 0 Å². The number of halogens is 1. The minimum Gasteiger partial charge on any atom is -0.355 e. The Bertz CT molecular complexity index is 464. The fraction of sp³-hybridized carbons (Fsp3) is 0.667. The van der Waals surface area contributed by atoms with E-state index in [2.05, 4.69) is 35.6 Å². The van der Waals surface area contributed by atoms with Crippen LogP contribution in [0.5, 0.6) is 0 Å². The zero-order valence-corrected chi connectivity index (χ0v) is 11.2. The first kappa shape index (κ1) is 12.4. The maximum absolute atomic E-state index is 11.4. The van der Waals surface area contributed by atoms with Gasteiger partial charge in [0.2, 0.25) is 0 Å². The van der Waals surface area contributed by atoms with Gasteiger partial charge in [-0.25, -0.2) is 4.98 Å². The lowest BCUT2D eigenvalue weighted by atomic mass is 9.80. The predicted molar refractivity (Wildman–Crippen MR) is 69.6 cm³/mol. The van der Waals surface area contributed by atoms with Crippen molar-refractivity contribution in [2.75, 3.05) is 18.0 Å². The van der Waals surface area contributed by atoms with Gasteiger partial charge in [-0.2, -0.15) is 0 Å². The van der Waals surface area contributed by atoms with Crippen LogP contribution in [-0.4, -0.2) is 23.1 Å². The molecule has 2 rings (SSSR count). The first-order chi connectivity index (χ1) is 7.89. The molecule has 0 radical (unpaired) electrons. The van der Waals surface area contributed by atoms with Gasteiger partial charge < -0.3 is 9.88 Å². The molecular formula is C12H18ClN3O. The number of hydrogen-bond acceptors (Lipinski definition) is 3. The molecule has 1 saturated heterocycles. The standard InChI is InChI=1S/C12H18ClN3O/c1-12(2,3)8-4-5-16(6-8)10-9(13)11(17)15-7-14-10/h7-8H,4-6H2,1-3H3,(H,14,15,17). The van der Waals surface area contributed by atoms with Gasteiger partial charge in [0.1, 0.15) is 5.02 Å². The van der Waals surface area contributed by atoms with Crippen molar-refractivity contribution in [2.45, 2.75) is 27.2 Å². The lowest BCUT2D eigenvalue weighted by Gasteiger charge is -2.27. The molecule has 1 N–H and O–H groups in total. The maximum Gasteiger partial charge on any atom is 0.271 e. The smallest absolute Gasteiger partial charge is 0.271 e. The molecule has 0 spiro atoms. The van der Waals surface area contributed by atoms with Gasteiger partial charge in [-0.3, -0.25) is 4.79 Å². The maximum atomic E-state index is 11.4. The molecule has 0 aliphatic carbocycles. The summed E-state index contributed by atoms with van der Waals surface area (Å²) in [4.78, 5) is 20.2. The molecule has 1 aliphatic rings. The summed E-state index contributed by atoms with van der Waals surface area (Å²) in [5.74, 6) is 1.22. The van der Waals surface area contributed by atoms with E-state index in [9.17, 15) is 4.79 Å². The average molecular weight is 256 g/mol. The SMILES string of the molecule is CC(C)(C)C1CCN(c2nc[nH]c(=O)c2Cl)C1. The molecule has 1 aromatic rings. The summed E-state index contributed by atoms with van der Waals surface area (Å²) in [5.41, 5.74) is 0.0125. The van der Waals surface area contributed by atoms with Crippen molar-refractivity contribution >= 4 is 17.4 Å². The Hall–Kier alpha value is -1.03. The molecule has 1 fully saturated rings. The van der Waals surface area contributed by atoms with E-state index in [1.54, 1.807) is 0 Å². The lowest BCUT2D eigenvalue weighted by molar-refractivity contribution is 0.263. The monoisotopic (exact) mass is 255 g/mol. The summed E-state index contributed by atoms with van der Waals surface area (Å²) in [6, 6.07) is 0. The van der Waals surface area contributed by atoms with Gasteiger partial charge >= 0.3 is 0 Å². The quantitative estimate of drug-likeness (QED) is 0.838. The van der Waals surface area contributed by atoms with Crippen molar-refractivity contribution in [3.05, 3.63) is 21.7 Å². The van der Waals surface area contributed by atoms with Crippen LogP contribution in [0.3, 0.4) is 0 Å². The Morgan fingerprint density at radius 1 is 1.53 bits per heavy atom. The molecule has 94 valence electrons. The highest BCUT2D eigenvalue weighted by atomic mass is 35.5. The van der Waals surface area contributed by atoms with E-state index < -0.39 is 0 Å². The van der Waals surface area contributed by atoms with Crippen LogP contribution in [0, 0.1) is 11.3 Å². The molecule has 5 heteroatoms. The number of nitrogens with zero attached hydrogens (tertiary/aromatic N) is 2. The van der Waals surface area contributed by atoms with Gasteiger partial charge in [0, 0.05) is 13.1 Å². The average Bonchev–Trinajstić information content (AvgIpc) is 2.70. The summed E-state index contributed by atoms with van der Waals surface area (Å²) >= 11 is 5.99. The van der Waals surface area contributed by atoms with Crippen LogP contribution in [-0.2, 0) is 0 Å². The molecule has 0 amide bonds. The van der Waals surface area contributed by atoms with Gasteiger partial charge in [-0.05, 0) is 17.8 Å². The number of H-pyrrole nitrogens is 1. The number of nitrogens with one attached hydrogen (secondary N) is 1. The molecule has 0 aromatic carbocycles. The first-order valence-electron chi connectivity index (χ1n) is 5.87.